The van der Waals surface area contributed by atoms with E-state index in [4.69, 9.17) is 14.1 Å². The summed E-state index contributed by atoms with van der Waals surface area (Å²) in [4.78, 5) is 20.1. The molecule has 0 N–H and O–H groups in total. The molecular weight excluding hydrogens is 543 g/mol. The summed E-state index contributed by atoms with van der Waals surface area (Å²) in [7, 11) is 0. The van der Waals surface area contributed by atoms with Crippen molar-refractivity contribution in [3.05, 3.63) is 55.3 Å². The molecule has 0 bridgehead atoms. The van der Waals surface area contributed by atoms with Crippen molar-refractivity contribution in [1.29, 1.82) is 0 Å². The minimum Gasteiger partial charge on any atom is -0.450 e. The molecule has 8 heteroatoms. The summed E-state index contributed by atoms with van der Waals surface area (Å²) in [5, 5.41) is 0.674. The molecule has 3 heterocycles. The first-order valence-electron chi connectivity index (χ1n) is 8.52. The Kier molecular flexibility index (Phi) is 6.05. The minimum atomic E-state index is -0.0623. The SMILES string of the molecule is O=C1/C(=C\c2cc(Br)c(I)o2)SC(=Nc2ccccc2)N1CC1CCCO1. The lowest BCUT2D eigenvalue weighted by molar-refractivity contribution is -0.123. The molecule has 1 atom stereocenters. The number of hydrogen-bond donors (Lipinski definition) is 0. The molecule has 4 rings (SSSR count). The van der Waals surface area contributed by atoms with Crippen LogP contribution in [0.25, 0.3) is 6.08 Å². The number of ether oxygens (including phenoxy) is 1. The van der Waals surface area contributed by atoms with Crippen LogP contribution in [-0.4, -0.2) is 35.2 Å². The molecular formula is C19H16BrIN2O3S. The first kappa shape index (κ1) is 19.2. The van der Waals surface area contributed by atoms with E-state index in [0.717, 1.165) is 33.4 Å². The zero-order valence-electron chi connectivity index (χ0n) is 14.2. The van der Waals surface area contributed by atoms with Crippen LogP contribution >= 0.6 is 50.3 Å². The third kappa shape index (κ3) is 4.49. The van der Waals surface area contributed by atoms with Crippen LogP contribution in [0.4, 0.5) is 5.69 Å². The molecule has 27 heavy (non-hydrogen) atoms. The maximum atomic E-state index is 13.0. The maximum absolute atomic E-state index is 13.0. The Balaban J connectivity index is 1.65. The fourth-order valence-corrected chi connectivity index (χ4v) is 4.63. The van der Waals surface area contributed by atoms with Gasteiger partial charge >= 0.3 is 0 Å². The molecule has 5 nitrogen and oxygen atoms in total. The predicted octanol–water partition coefficient (Wildman–Crippen LogP) is 5.43. The van der Waals surface area contributed by atoms with Gasteiger partial charge in [-0.3, -0.25) is 9.69 Å². The number of amidine groups is 1. The number of para-hydroxylation sites is 1. The third-order valence-electron chi connectivity index (χ3n) is 4.22. The van der Waals surface area contributed by atoms with Gasteiger partial charge in [-0.05, 0) is 58.7 Å². The summed E-state index contributed by atoms with van der Waals surface area (Å²) < 4.78 is 13.0. The van der Waals surface area contributed by atoms with Gasteiger partial charge in [-0.25, -0.2) is 4.99 Å². The summed E-state index contributed by atoms with van der Waals surface area (Å²) in [6, 6.07) is 11.5. The van der Waals surface area contributed by atoms with Crippen LogP contribution in [0, 0.1) is 3.77 Å². The van der Waals surface area contributed by atoms with E-state index >= 15 is 0 Å². The Bertz CT molecular complexity index is 887. The van der Waals surface area contributed by atoms with Gasteiger partial charge in [0, 0.05) is 35.3 Å². The van der Waals surface area contributed by atoms with Gasteiger partial charge in [0.05, 0.1) is 27.7 Å². The second-order valence-corrected chi connectivity index (χ2v) is 9.00. The molecule has 1 aromatic carbocycles. The Labute approximate surface area is 183 Å². The molecule has 0 aliphatic carbocycles. The molecule has 1 aromatic heterocycles. The third-order valence-corrected chi connectivity index (χ3v) is 7.35. The van der Waals surface area contributed by atoms with Gasteiger partial charge in [0.2, 0.25) is 0 Å². The minimum absolute atomic E-state index is 0.0623. The van der Waals surface area contributed by atoms with Gasteiger partial charge in [0.25, 0.3) is 5.91 Å². The van der Waals surface area contributed by atoms with E-state index in [0.29, 0.717) is 22.4 Å². The summed E-state index contributed by atoms with van der Waals surface area (Å²) in [5.41, 5.74) is 0.821. The number of thioether (sulfide) groups is 1. The van der Waals surface area contributed by atoms with Crippen molar-refractivity contribution in [2.45, 2.75) is 18.9 Å². The molecule has 2 aliphatic heterocycles. The van der Waals surface area contributed by atoms with E-state index in [1.165, 1.54) is 11.8 Å². The average molecular weight is 559 g/mol. The van der Waals surface area contributed by atoms with Gasteiger partial charge in [0.1, 0.15) is 5.76 Å². The largest absolute Gasteiger partial charge is 0.450 e. The van der Waals surface area contributed by atoms with E-state index in [1.54, 1.807) is 11.0 Å². The molecule has 2 saturated heterocycles. The van der Waals surface area contributed by atoms with Crippen molar-refractivity contribution in [2.24, 2.45) is 4.99 Å². The number of rotatable bonds is 4. The van der Waals surface area contributed by atoms with Crippen molar-refractivity contribution in [3.63, 3.8) is 0 Å². The summed E-state index contributed by atoms with van der Waals surface area (Å²) in [6.45, 7) is 1.28. The van der Waals surface area contributed by atoms with Crippen molar-refractivity contribution in [2.75, 3.05) is 13.2 Å². The lowest BCUT2D eigenvalue weighted by Gasteiger charge is -2.19. The van der Waals surface area contributed by atoms with Crippen LogP contribution in [0.2, 0.25) is 0 Å². The van der Waals surface area contributed by atoms with Crippen molar-refractivity contribution < 1.29 is 13.9 Å². The smallest absolute Gasteiger partial charge is 0.266 e. The Morgan fingerprint density at radius 1 is 1.37 bits per heavy atom. The lowest BCUT2D eigenvalue weighted by atomic mass is 10.2. The van der Waals surface area contributed by atoms with Crippen molar-refractivity contribution in [3.8, 4) is 0 Å². The quantitative estimate of drug-likeness (QED) is 0.371. The molecule has 0 spiro atoms. The van der Waals surface area contributed by atoms with Crippen LogP contribution in [0.3, 0.4) is 0 Å². The number of carbonyl (C=O) groups excluding carboxylic acids is 1. The van der Waals surface area contributed by atoms with Crippen LogP contribution in [0.15, 0.2) is 55.2 Å². The number of hydrogen-bond acceptors (Lipinski definition) is 5. The zero-order chi connectivity index (χ0) is 18.8. The maximum Gasteiger partial charge on any atom is 0.266 e. The molecule has 2 aromatic rings. The summed E-state index contributed by atoms with van der Waals surface area (Å²) >= 11 is 6.91. The predicted molar refractivity (Wildman–Crippen MR) is 119 cm³/mol. The second-order valence-electron chi connectivity index (χ2n) is 6.16. The van der Waals surface area contributed by atoms with Gasteiger partial charge in [-0.2, -0.15) is 0 Å². The highest BCUT2D eigenvalue weighted by atomic mass is 127. The van der Waals surface area contributed by atoms with Gasteiger partial charge in [-0.15, -0.1) is 0 Å². The first-order chi connectivity index (χ1) is 13.1. The number of halogens is 2. The number of aliphatic imine (C=N–C) groups is 1. The summed E-state index contributed by atoms with van der Waals surface area (Å²) in [5.74, 6) is 0.577. The van der Waals surface area contributed by atoms with Crippen molar-refractivity contribution in [1.82, 2.24) is 4.90 Å². The second kappa shape index (κ2) is 8.50. The number of furan rings is 1. The van der Waals surface area contributed by atoms with E-state index in [9.17, 15) is 4.79 Å². The standard InChI is InChI=1S/C19H16BrIN2O3S/c20-15-9-14(26-17(15)21)10-16-18(24)23(11-13-7-4-8-25-13)19(27-16)22-12-5-2-1-3-6-12/h1-3,5-6,9-10,13H,4,7-8,11H2/b16-10+,22-19?. The Morgan fingerprint density at radius 2 is 2.19 bits per heavy atom. The number of amides is 1. The first-order valence-corrected chi connectivity index (χ1v) is 11.2. The Morgan fingerprint density at radius 3 is 2.85 bits per heavy atom. The number of nitrogens with zero attached hydrogens (tertiary/aromatic N) is 2. The van der Waals surface area contributed by atoms with Crippen LogP contribution < -0.4 is 0 Å². The highest BCUT2D eigenvalue weighted by Gasteiger charge is 2.36. The normalized spacial score (nSPS) is 23.1. The summed E-state index contributed by atoms with van der Waals surface area (Å²) in [6.07, 6.45) is 3.84. The Hall–Kier alpha value is -1.10. The van der Waals surface area contributed by atoms with Gasteiger partial charge < -0.3 is 9.15 Å². The molecule has 1 amide bonds. The fourth-order valence-electron chi connectivity index (χ4n) is 2.92. The molecule has 1 unspecified atom stereocenters. The van der Waals surface area contributed by atoms with Gasteiger partial charge in [-0.1, -0.05) is 18.2 Å². The van der Waals surface area contributed by atoms with E-state index in [1.807, 2.05) is 36.4 Å². The average Bonchev–Trinajstić information content (AvgIpc) is 3.35. The molecule has 0 radical (unpaired) electrons. The van der Waals surface area contributed by atoms with Crippen molar-refractivity contribution >= 4 is 73.1 Å². The fraction of sp³-hybridized carbons (Fsp3) is 0.263. The topological polar surface area (TPSA) is 55.0 Å². The zero-order valence-corrected chi connectivity index (χ0v) is 18.8. The molecule has 2 fully saturated rings. The monoisotopic (exact) mass is 558 g/mol. The van der Waals surface area contributed by atoms with E-state index in [2.05, 4.69) is 38.5 Å². The van der Waals surface area contributed by atoms with Crippen LogP contribution in [0.1, 0.15) is 18.6 Å². The highest BCUT2D eigenvalue weighted by Crippen LogP contribution is 2.36. The number of benzene rings is 1. The molecule has 0 saturated carbocycles. The van der Waals surface area contributed by atoms with E-state index < -0.39 is 0 Å². The molecule has 2 aliphatic rings. The lowest BCUT2D eigenvalue weighted by Crippen LogP contribution is -2.36. The van der Waals surface area contributed by atoms with Crippen LogP contribution in [0.5, 0.6) is 0 Å². The molecule has 140 valence electrons. The van der Waals surface area contributed by atoms with E-state index in [-0.39, 0.29) is 12.0 Å². The number of carbonyl (C=O) groups is 1. The van der Waals surface area contributed by atoms with Crippen LogP contribution in [-0.2, 0) is 9.53 Å². The van der Waals surface area contributed by atoms with Gasteiger partial charge in [0.15, 0.2) is 8.93 Å². The highest BCUT2D eigenvalue weighted by molar-refractivity contribution is 14.1.